The average molecular weight is 233 g/mol. The van der Waals surface area contributed by atoms with Crippen LogP contribution in [0.25, 0.3) is 6.08 Å². The highest BCUT2D eigenvalue weighted by molar-refractivity contribution is 5.53. The smallest absolute Gasteiger partial charge is 0.123 e. The molecule has 1 aromatic rings. The van der Waals surface area contributed by atoms with Gasteiger partial charge in [-0.2, -0.15) is 0 Å². The summed E-state index contributed by atoms with van der Waals surface area (Å²) >= 11 is 0. The van der Waals surface area contributed by atoms with E-state index in [-0.39, 0.29) is 5.82 Å². The summed E-state index contributed by atoms with van der Waals surface area (Å²) in [6.07, 6.45) is 4.69. The molecule has 2 heteroatoms. The van der Waals surface area contributed by atoms with Crippen LogP contribution in [-0.2, 0) is 0 Å². The highest BCUT2D eigenvalue weighted by atomic mass is 19.1. The van der Waals surface area contributed by atoms with Gasteiger partial charge >= 0.3 is 0 Å². The van der Waals surface area contributed by atoms with Crippen LogP contribution in [0.2, 0.25) is 0 Å². The lowest BCUT2D eigenvalue weighted by molar-refractivity contribution is 0.627. The molecule has 0 unspecified atom stereocenters. The monoisotopic (exact) mass is 233 g/mol. The molecule has 0 bridgehead atoms. The first-order chi connectivity index (χ1) is 8.15. The quantitative estimate of drug-likeness (QED) is 0.819. The molecule has 0 aromatic heterocycles. The Kier molecular flexibility index (Phi) is 3.95. The van der Waals surface area contributed by atoms with Crippen molar-refractivity contribution in [3.63, 3.8) is 0 Å². The van der Waals surface area contributed by atoms with E-state index in [0.717, 1.165) is 12.1 Å². The second-order valence-electron chi connectivity index (χ2n) is 5.08. The standard InChI is InChI=1S/C15H20FN/c1-11(2)13(10-17-15-6-7-15)8-12-4-3-5-14(16)9-12/h3-5,8-9,11,15,17H,6-7,10H2,1-2H3. The van der Waals surface area contributed by atoms with Gasteiger partial charge in [-0.25, -0.2) is 4.39 Å². The minimum atomic E-state index is -0.169. The molecule has 0 spiro atoms. The third-order valence-corrected chi connectivity index (χ3v) is 3.11. The Morgan fingerprint density at radius 3 is 2.82 bits per heavy atom. The lowest BCUT2D eigenvalue weighted by Crippen LogP contribution is -2.21. The van der Waals surface area contributed by atoms with Gasteiger partial charge in [0.2, 0.25) is 0 Å². The number of hydrogen-bond acceptors (Lipinski definition) is 1. The maximum Gasteiger partial charge on any atom is 0.123 e. The first-order valence-electron chi connectivity index (χ1n) is 6.34. The van der Waals surface area contributed by atoms with E-state index in [9.17, 15) is 4.39 Å². The molecule has 1 N–H and O–H groups in total. The molecule has 1 nitrogen and oxygen atoms in total. The van der Waals surface area contributed by atoms with Gasteiger partial charge in [-0.05, 0) is 36.5 Å². The first kappa shape index (κ1) is 12.3. The summed E-state index contributed by atoms with van der Waals surface area (Å²) in [4.78, 5) is 0. The molecular formula is C15H20FN. The molecule has 0 atom stereocenters. The van der Waals surface area contributed by atoms with Gasteiger partial charge in [0.1, 0.15) is 5.82 Å². The molecule has 1 aliphatic carbocycles. The van der Waals surface area contributed by atoms with Crippen LogP contribution < -0.4 is 5.32 Å². The van der Waals surface area contributed by atoms with Crippen molar-refractivity contribution in [1.82, 2.24) is 5.32 Å². The fourth-order valence-corrected chi connectivity index (χ4v) is 1.78. The minimum Gasteiger partial charge on any atom is -0.310 e. The van der Waals surface area contributed by atoms with Crippen molar-refractivity contribution in [2.45, 2.75) is 32.7 Å². The molecule has 1 aliphatic rings. The highest BCUT2D eigenvalue weighted by Crippen LogP contribution is 2.21. The van der Waals surface area contributed by atoms with Gasteiger partial charge in [0, 0.05) is 12.6 Å². The second-order valence-corrected chi connectivity index (χ2v) is 5.08. The topological polar surface area (TPSA) is 12.0 Å². The Bertz CT molecular complexity index is 405. The molecule has 1 fully saturated rings. The van der Waals surface area contributed by atoms with Gasteiger partial charge in [-0.3, -0.25) is 0 Å². The number of nitrogens with one attached hydrogen (secondary N) is 1. The van der Waals surface area contributed by atoms with Crippen molar-refractivity contribution in [1.29, 1.82) is 0 Å². The summed E-state index contributed by atoms with van der Waals surface area (Å²) in [5, 5.41) is 3.51. The van der Waals surface area contributed by atoms with E-state index in [1.165, 1.54) is 24.5 Å². The van der Waals surface area contributed by atoms with Crippen LogP contribution in [0.1, 0.15) is 32.3 Å². The molecule has 0 radical (unpaired) electrons. The molecular weight excluding hydrogens is 213 g/mol. The Labute approximate surface area is 103 Å². The molecule has 0 heterocycles. The minimum absolute atomic E-state index is 0.169. The van der Waals surface area contributed by atoms with Crippen LogP contribution in [0, 0.1) is 11.7 Å². The Hall–Kier alpha value is -1.15. The largest absolute Gasteiger partial charge is 0.310 e. The predicted octanol–water partition coefficient (Wildman–Crippen LogP) is 3.62. The molecule has 2 rings (SSSR count). The third-order valence-electron chi connectivity index (χ3n) is 3.11. The molecule has 17 heavy (non-hydrogen) atoms. The number of rotatable bonds is 5. The van der Waals surface area contributed by atoms with Crippen molar-refractivity contribution in [2.24, 2.45) is 5.92 Å². The number of benzene rings is 1. The van der Waals surface area contributed by atoms with E-state index in [0.29, 0.717) is 12.0 Å². The van der Waals surface area contributed by atoms with Gasteiger partial charge < -0.3 is 5.32 Å². The fraction of sp³-hybridized carbons (Fsp3) is 0.467. The zero-order valence-electron chi connectivity index (χ0n) is 10.5. The van der Waals surface area contributed by atoms with Crippen LogP contribution in [0.3, 0.4) is 0 Å². The summed E-state index contributed by atoms with van der Waals surface area (Å²) in [6, 6.07) is 7.48. The van der Waals surface area contributed by atoms with Crippen molar-refractivity contribution in [2.75, 3.05) is 6.54 Å². The van der Waals surface area contributed by atoms with Crippen molar-refractivity contribution >= 4 is 6.08 Å². The molecule has 1 aromatic carbocycles. The Balaban J connectivity index is 2.07. The van der Waals surface area contributed by atoms with E-state index in [1.807, 2.05) is 6.07 Å². The second kappa shape index (κ2) is 5.46. The molecule has 0 saturated heterocycles. The van der Waals surface area contributed by atoms with Crippen molar-refractivity contribution in [3.8, 4) is 0 Å². The predicted molar refractivity (Wildman–Crippen MR) is 70.2 cm³/mol. The molecule has 1 saturated carbocycles. The van der Waals surface area contributed by atoms with Gasteiger partial charge in [-0.15, -0.1) is 0 Å². The summed E-state index contributed by atoms with van der Waals surface area (Å²) in [7, 11) is 0. The van der Waals surface area contributed by atoms with Crippen LogP contribution in [0.4, 0.5) is 4.39 Å². The summed E-state index contributed by atoms with van der Waals surface area (Å²) in [5.74, 6) is 0.321. The van der Waals surface area contributed by atoms with E-state index in [1.54, 1.807) is 12.1 Å². The highest BCUT2D eigenvalue weighted by Gasteiger charge is 2.20. The van der Waals surface area contributed by atoms with Crippen LogP contribution in [-0.4, -0.2) is 12.6 Å². The lowest BCUT2D eigenvalue weighted by atomic mass is 10.00. The summed E-state index contributed by atoms with van der Waals surface area (Å²) in [5.41, 5.74) is 2.29. The normalized spacial score (nSPS) is 16.6. The third kappa shape index (κ3) is 3.97. The Morgan fingerprint density at radius 1 is 1.47 bits per heavy atom. The fourth-order valence-electron chi connectivity index (χ4n) is 1.78. The van der Waals surface area contributed by atoms with Crippen LogP contribution in [0.15, 0.2) is 29.8 Å². The van der Waals surface area contributed by atoms with Crippen LogP contribution >= 0.6 is 0 Å². The van der Waals surface area contributed by atoms with Gasteiger partial charge in [0.15, 0.2) is 0 Å². The summed E-state index contributed by atoms with van der Waals surface area (Å²) in [6.45, 7) is 5.28. The van der Waals surface area contributed by atoms with Crippen molar-refractivity contribution in [3.05, 3.63) is 41.2 Å². The van der Waals surface area contributed by atoms with Crippen LogP contribution in [0.5, 0.6) is 0 Å². The molecule has 0 amide bonds. The SMILES string of the molecule is CC(C)C(=Cc1cccc(F)c1)CNC1CC1. The average Bonchev–Trinajstić information content (AvgIpc) is 3.07. The van der Waals surface area contributed by atoms with Crippen molar-refractivity contribution < 1.29 is 4.39 Å². The molecule has 92 valence electrons. The molecule has 0 aliphatic heterocycles. The van der Waals surface area contributed by atoms with E-state index < -0.39 is 0 Å². The van der Waals surface area contributed by atoms with Gasteiger partial charge in [0.05, 0.1) is 0 Å². The van der Waals surface area contributed by atoms with Gasteiger partial charge in [0.25, 0.3) is 0 Å². The zero-order chi connectivity index (χ0) is 12.3. The lowest BCUT2D eigenvalue weighted by Gasteiger charge is -2.12. The summed E-state index contributed by atoms with van der Waals surface area (Å²) < 4.78 is 13.1. The maximum atomic E-state index is 13.1. The zero-order valence-corrected chi connectivity index (χ0v) is 10.5. The number of halogens is 1. The maximum absolute atomic E-state index is 13.1. The Morgan fingerprint density at radius 2 is 2.24 bits per heavy atom. The van der Waals surface area contributed by atoms with Gasteiger partial charge in [-0.1, -0.05) is 37.6 Å². The first-order valence-corrected chi connectivity index (χ1v) is 6.34. The van der Waals surface area contributed by atoms with E-state index in [2.05, 4.69) is 25.2 Å². The number of hydrogen-bond donors (Lipinski definition) is 1. The van der Waals surface area contributed by atoms with E-state index in [4.69, 9.17) is 0 Å². The van der Waals surface area contributed by atoms with E-state index >= 15 is 0 Å².